The van der Waals surface area contributed by atoms with E-state index in [1.807, 2.05) is 48.5 Å². The summed E-state index contributed by atoms with van der Waals surface area (Å²) >= 11 is 6.36. The van der Waals surface area contributed by atoms with Crippen molar-refractivity contribution in [3.8, 4) is 16.9 Å². The van der Waals surface area contributed by atoms with Gasteiger partial charge >= 0.3 is 0 Å². The second-order valence-electron chi connectivity index (χ2n) is 7.84. The Bertz CT molecular complexity index is 1500. The lowest BCUT2D eigenvalue weighted by atomic mass is 10.0. The Morgan fingerprint density at radius 3 is 2.42 bits per heavy atom. The molecule has 0 fully saturated rings. The van der Waals surface area contributed by atoms with Crippen molar-refractivity contribution in [2.75, 3.05) is 12.4 Å². The lowest BCUT2D eigenvalue weighted by molar-refractivity contribution is 0.102. The molecular formula is C28H23ClN2O2. The molecule has 33 heavy (non-hydrogen) atoms. The molecule has 4 nitrogen and oxygen atoms in total. The Labute approximate surface area is 197 Å². The van der Waals surface area contributed by atoms with Gasteiger partial charge < -0.3 is 14.6 Å². The van der Waals surface area contributed by atoms with E-state index in [1.165, 1.54) is 10.9 Å². The molecule has 1 heterocycles. The van der Waals surface area contributed by atoms with Crippen molar-refractivity contribution >= 4 is 45.0 Å². The van der Waals surface area contributed by atoms with Crippen molar-refractivity contribution in [3.63, 3.8) is 0 Å². The van der Waals surface area contributed by atoms with Crippen LogP contribution in [0.1, 0.15) is 17.3 Å². The van der Waals surface area contributed by atoms with Crippen LogP contribution in [0.5, 0.6) is 5.75 Å². The van der Waals surface area contributed by atoms with Crippen molar-refractivity contribution in [2.45, 2.75) is 13.5 Å². The number of hydrogen-bond donors (Lipinski definition) is 1. The van der Waals surface area contributed by atoms with Crippen LogP contribution in [0.25, 0.3) is 32.9 Å². The Morgan fingerprint density at radius 1 is 0.879 bits per heavy atom. The molecule has 1 N–H and O–H groups in total. The van der Waals surface area contributed by atoms with Gasteiger partial charge in [-0.05, 0) is 55.5 Å². The maximum absolute atomic E-state index is 13.1. The predicted molar refractivity (Wildman–Crippen MR) is 137 cm³/mol. The summed E-state index contributed by atoms with van der Waals surface area (Å²) in [6.45, 7) is 3.02. The van der Waals surface area contributed by atoms with E-state index in [4.69, 9.17) is 16.3 Å². The summed E-state index contributed by atoms with van der Waals surface area (Å²) in [7, 11) is 1.59. The van der Waals surface area contributed by atoms with Gasteiger partial charge in [0.15, 0.2) is 0 Å². The minimum absolute atomic E-state index is 0.197. The quantitative estimate of drug-likeness (QED) is 0.300. The zero-order valence-electron chi connectivity index (χ0n) is 18.4. The van der Waals surface area contributed by atoms with Crippen molar-refractivity contribution in [1.29, 1.82) is 0 Å². The van der Waals surface area contributed by atoms with Gasteiger partial charge in [-0.2, -0.15) is 0 Å². The summed E-state index contributed by atoms with van der Waals surface area (Å²) in [4.78, 5) is 13.1. The number of carbonyl (C=O) groups is 1. The molecule has 1 amide bonds. The van der Waals surface area contributed by atoms with Gasteiger partial charge in [0.25, 0.3) is 5.91 Å². The first-order valence-electron chi connectivity index (χ1n) is 10.9. The van der Waals surface area contributed by atoms with Crippen molar-refractivity contribution in [2.24, 2.45) is 0 Å². The van der Waals surface area contributed by atoms with Crippen LogP contribution in [-0.4, -0.2) is 17.6 Å². The number of aryl methyl sites for hydroxylation is 1. The number of nitrogens with zero attached hydrogens (tertiary/aromatic N) is 1. The van der Waals surface area contributed by atoms with Gasteiger partial charge in [0.1, 0.15) is 5.75 Å². The van der Waals surface area contributed by atoms with E-state index in [1.54, 1.807) is 19.2 Å². The zero-order valence-corrected chi connectivity index (χ0v) is 19.2. The smallest absolute Gasteiger partial charge is 0.255 e. The summed E-state index contributed by atoms with van der Waals surface area (Å²) in [5.74, 6) is 0.398. The van der Waals surface area contributed by atoms with Crippen LogP contribution in [0, 0.1) is 0 Å². The molecule has 0 aliphatic rings. The third kappa shape index (κ3) is 3.73. The highest BCUT2D eigenvalue weighted by Crippen LogP contribution is 2.36. The highest BCUT2D eigenvalue weighted by molar-refractivity contribution is 6.33. The SMILES string of the molecule is CCn1c2ccccc2c2cc(NC(=O)c3ccc(-c4ccccc4Cl)c(OC)c3)ccc21. The molecule has 5 aromatic rings. The highest BCUT2D eigenvalue weighted by atomic mass is 35.5. The first-order valence-corrected chi connectivity index (χ1v) is 11.2. The molecule has 0 saturated heterocycles. The van der Waals surface area contributed by atoms with E-state index >= 15 is 0 Å². The summed E-state index contributed by atoms with van der Waals surface area (Å²) in [6.07, 6.45) is 0. The maximum atomic E-state index is 13.1. The molecule has 0 radical (unpaired) electrons. The van der Waals surface area contributed by atoms with E-state index in [0.29, 0.717) is 16.3 Å². The number of hydrogen-bond acceptors (Lipinski definition) is 2. The Morgan fingerprint density at radius 2 is 1.64 bits per heavy atom. The summed E-state index contributed by atoms with van der Waals surface area (Å²) < 4.78 is 7.86. The van der Waals surface area contributed by atoms with Crippen LogP contribution >= 0.6 is 11.6 Å². The maximum Gasteiger partial charge on any atom is 0.255 e. The number of benzene rings is 4. The number of para-hydroxylation sites is 1. The van der Waals surface area contributed by atoms with Crippen molar-refractivity contribution in [3.05, 3.63) is 95.5 Å². The topological polar surface area (TPSA) is 43.3 Å². The van der Waals surface area contributed by atoms with Crippen LogP contribution in [0.2, 0.25) is 5.02 Å². The molecule has 4 aromatic carbocycles. The molecule has 0 unspecified atom stereocenters. The van der Waals surface area contributed by atoms with Crippen molar-refractivity contribution < 1.29 is 9.53 Å². The standard InChI is InChI=1S/C28H23ClN2O2/c1-3-31-25-11-7-5-9-21(25)23-17-19(13-15-26(23)31)30-28(32)18-12-14-22(27(16-18)33-2)20-8-4-6-10-24(20)29/h4-17H,3H2,1-2H3,(H,30,32). The minimum Gasteiger partial charge on any atom is -0.496 e. The average Bonchev–Trinajstić information content (AvgIpc) is 3.17. The van der Waals surface area contributed by atoms with Crippen LogP contribution in [-0.2, 0) is 6.54 Å². The third-order valence-corrected chi connectivity index (χ3v) is 6.30. The van der Waals surface area contributed by atoms with Crippen LogP contribution in [0.4, 0.5) is 5.69 Å². The Hall–Kier alpha value is -3.76. The molecule has 0 bridgehead atoms. The second-order valence-corrected chi connectivity index (χ2v) is 8.25. The number of nitrogens with one attached hydrogen (secondary N) is 1. The Balaban J connectivity index is 1.48. The minimum atomic E-state index is -0.197. The molecule has 0 aliphatic carbocycles. The molecule has 0 atom stereocenters. The zero-order chi connectivity index (χ0) is 22.9. The lowest BCUT2D eigenvalue weighted by Crippen LogP contribution is -2.12. The Kier molecular flexibility index (Phi) is 5.53. The fourth-order valence-electron chi connectivity index (χ4n) is 4.41. The fraction of sp³-hybridized carbons (Fsp3) is 0.107. The molecular weight excluding hydrogens is 432 g/mol. The summed E-state index contributed by atoms with van der Waals surface area (Å²) in [5, 5.41) is 5.97. The van der Waals surface area contributed by atoms with Crippen LogP contribution in [0.3, 0.4) is 0 Å². The van der Waals surface area contributed by atoms with Crippen molar-refractivity contribution in [1.82, 2.24) is 4.57 Å². The first-order chi connectivity index (χ1) is 16.1. The number of rotatable bonds is 5. The van der Waals surface area contributed by atoms with Gasteiger partial charge in [-0.15, -0.1) is 0 Å². The van der Waals surface area contributed by atoms with E-state index in [9.17, 15) is 4.79 Å². The second kappa shape index (κ2) is 8.64. The van der Waals surface area contributed by atoms with Crippen LogP contribution in [0.15, 0.2) is 84.9 Å². The van der Waals surface area contributed by atoms with Gasteiger partial charge in [0.2, 0.25) is 0 Å². The van der Waals surface area contributed by atoms with Crippen LogP contribution < -0.4 is 10.1 Å². The van der Waals surface area contributed by atoms with Gasteiger partial charge in [0, 0.05) is 55.8 Å². The third-order valence-electron chi connectivity index (χ3n) is 5.97. The van der Waals surface area contributed by atoms with E-state index < -0.39 is 0 Å². The van der Waals surface area contributed by atoms with Gasteiger partial charge in [-0.3, -0.25) is 4.79 Å². The van der Waals surface area contributed by atoms with E-state index in [-0.39, 0.29) is 5.91 Å². The average molecular weight is 455 g/mol. The molecule has 5 rings (SSSR count). The monoisotopic (exact) mass is 454 g/mol. The number of carbonyl (C=O) groups excluding carboxylic acids is 1. The molecule has 1 aromatic heterocycles. The number of anilines is 1. The normalized spacial score (nSPS) is 11.1. The molecule has 0 aliphatic heterocycles. The number of fused-ring (bicyclic) bond motifs is 3. The number of halogens is 1. The first kappa shape index (κ1) is 21.1. The number of aromatic nitrogens is 1. The fourth-order valence-corrected chi connectivity index (χ4v) is 4.65. The lowest BCUT2D eigenvalue weighted by Gasteiger charge is -2.12. The summed E-state index contributed by atoms with van der Waals surface area (Å²) in [5.41, 5.74) is 5.31. The predicted octanol–water partition coefficient (Wildman–Crippen LogP) is 7.40. The molecule has 164 valence electrons. The van der Waals surface area contributed by atoms with E-state index in [2.05, 4.69) is 41.1 Å². The van der Waals surface area contributed by atoms with Gasteiger partial charge in [-0.25, -0.2) is 0 Å². The number of amides is 1. The van der Waals surface area contributed by atoms with Gasteiger partial charge in [0.05, 0.1) is 7.11 Å². The molecule has 0 saturated carbocycles. The largest absolute Gasteiger partial charge is 0.496 e. The number of ether oxygens (including phenoxy) is 1. The summed E-state index contributed by atoms with van der Waals surface area (Å²) in [6, 6.07) is 27.4. The molecule has 0 spiro atoms. The van der Waals surface area contributed by atoms with Gasteiger partial charge in [-0.1, -0.05) is 48.0 Å². The highest BCUT2D eigenvalue weighted by Gasteiger charge is 2.15. The molecule has 5 heteroatoms. The number of methoxy groups -OCH3 is 1. The van der Waals surface area contributed by atoms with E-state index in [0.717, 1.165) is 34.3 Å².